The minimum atomic E-state index is -0.365. The summed E-state index contributed by atoms with van der Waals surface area (Å²) >= 11 is 6.31. The quantitative estimate of drug-likeness (QED) is 0.169. The summed E-state index contributed by atoms with van der Waals surface area (Å²) in [4.78, 5) is 32.0. The van der Waals surface area contributed by atoms with Gasteiger partial charge in [0.1, 0.15) is 5.78 Å². The van der Waals surface area contributed by atoms with Gasteiger partial charge in [-0.25, -0.2) is 0 Å². The topological polar surface area (TPSA) is 59.1 Å². The summed E-state index contributed by atoms with van der Waals surface area (Å²) in [6, 6.07) is 20.4. The van der Waals surface area contributed by atoms with Crippen LogP contribution in [0.1, 0.15) is 113 Å². The lowest BCUT2D eigenvalue weighted by Gasteiger charge is -2.38. The maximum Gasteiger partial charge on any atom is 0.232 e. The first-order valence-electron chi connectivity index (χ1n) is 18.3. The lowest BCUT2D eigenvalue weighted by Crippen LogP contribution is -2.41. The third-order valence-electron chi connectivity index (χ3n) is 10.9. The van der Waals surface area contributed by atoms with Gasteiger partial charge in [0.05, 0.1) is 25.7 Å². The standard InChI is InChI=1S/C42H55ClN2O4/c1-8-10-32(42(47)31-15-19-35(20-16-31)44(5)6)23-27(3)29-13-21-36(22-14-29)45-40(46)25-33-24-38(48-7)39(49-28(4)9-2)26-37(33)41(45)30-11-17-34(43)18-12-30/h11-14,17-18,21-22,24,26-28,31-32,35,41H,8-10,15-16,19-20,23,25H2,1-7H3. The second-order valence-electron chi connectivity index (χ2n) is 14.5. The molecule has 0 bridgehead atoms. The highest BCUT2D eigenvalue weighted by Crippen LogP contribution is 2.44. The molecule has 264 valence electrons. The van der Waals surface area contributed by atoms with Gasteiger partial charge in [-0.3, -0.25) is 9.59 Å². The number of methoxy groups -OCH3 is 1. The fraction of sp³-hybridized carbons (Fsp3) is 0.524. The lowest BCUT2D eigenvalue weighted by atomic mass is 9.75. The lowest BCUT2D eigenvalue weighted by molar-refractivity contribution is -0.128. The molecule has 0 radical (unpaired) electrons. The summed E-state index contributed by atoms with van der Waals surface area (Å²) in [6.45, 7) is 8.56. The Kier molecular flexibility index (Phi) is 12.5. The van der Waals surface area contributed by atoms with E-state index in [9.17, 15) is 9.59 Å². The number of carbonyl (C=O) groups excluding carboxylic acids is 2. The molecule has 5 rings (SSSR count). The van der Waals surface area contributed by atoms with Gasteiger partial charge < -0.3 is 19.3 Å². The molecule has 1 aliphatic carbocycles. The van der Waals surface area contributed by atoms with Crippen LogP contribution in [-0.2, 0) is 16.0 Å². The number of hydrogen-bond acceptors (Lipinski definition) is 5. The Morgan fingerprint density at radius 3 is 2.22 bits per heavy atom. The van der Waals surface area contributed by atoms with Gasteiger partial charge in [-0.15, -0.1) is 0 Å². The molecule has 0 aromatic heterocycles. The Bertz CT molecular complexity index is 1560. The van der Waals surface area contributed by atoms with Crippen LogP contribution >= 0.6 is 11.6 Å². The van der Waals surface area contributed by atoms with Gasteiger partial charge in [-0.1, -0.05) is 63.1 Å². The number of fused-ring (bicyclic) bond motifs is 1. The van der Waals surface area contributed by atoms with Gasteiger partial charge in [0.2, 0.25) is 5.91 Å². The Balaban J connectivity index is 1.41. The van der Waals surface area contributed by atoms with Gasteiger partial charge in [-0.2, -0.15) is 0 Å². The second kappa shape index (κ2) is 16.6. The van der Waals surface area contributed by atoms with Crippen molar-refractivity contribution in [2.45, 2.75) is 110 Å². The van der Waals surface area contributed by atoms with E-state index >= 15 is 0 Å². The van der Waals surface area contributed by atoms with Crippen LogP contribution in [0.5, 0.6) is 11.5 Å². The van der Waals surface area contributed by atoms with Gasteiger partial charge in [-0.05, 0) is 131 Å². The van der Waals surface area contributed by atoms with E-state index in [1.165, 1.54) is 5.56 Å². The molecule has 1 aliphatic heterocycles. The van der Waals surface area contributed by atoms with Crippen LogP contribution in [0.25, 0.3) is 0 Å². The van der Waals surface area contributed by atoms with Gasteiger partial charge in [0.25, 0.3) is 0 Å². The summed E-state index contributed by atoms with van der Waals surface area (Å²) in [6.07, 6.45) is 8.16. The SMILES string of the molecule is CCCC(CC(C)c1ccc(N2C(=O)Cc3cc(OC)c(OC(C)CC)cc3C2c2ccc(Cl)cc2)cc1)C(=O)C1CCC(N(C)C)CC1. The molecule has 3 aromatic rings. The van der Waals surface area contributed by atoms with Crippen molar-refractivity contribution >= 4 is 29.0 Å². The van der Waals surface area contributed by atoms with E-state index < -0.39 is 0 Å². The number of nitrogens with zero attached hydrogens (tertiary/aromatic N) is 2. The smallest absolute Gasteiger partial charge is 0.232 e. The molecular weight excluding hydrogens is 632 g/mol. The molecule has 1 fully saturated rings. The molecular formula is C42H55ClN2O4. The zero-order chi connectivity index (χ0) is 35.2. The number of Topliss-reactive ketones (excluding diaryl/α,β-unsaturated/α-hetero) is 1. The zero-order valence-electron chi connectivity index (χ0n) is 30.5. The van der Waals surface area contributed by atoms with E-state index in [-0.39, 0.29) is 42.2 Å². The summed E-state index contributed by atoms with van der Waals surface area (Å²) < 4.78 is 12.0. The van der Waals surface area contributed by atoms with Crippen molar-refractivity contribution in [2.24, 2.45) is 11.8 Å². The van der Waals surface area contributed by atoms with Crippen molar-refractivity contribution in [1.29, 1.82) is 0 Å². The van der Waals surface area contributed by atoms with Crippen LogP contribution in [0.4, 0.5) is 5.69 Å². The Morgan fingerprint density at radius 1 is 0.959 bits per heavy atom. The molecule has 3 aromatic carbocycles. The fourth-order valence-corrected chi connectivity index (χ4v) is 7.96. The number of ether oxygens (including phenoxy) is 2. The molecule has 7 heteroatoms. The molecule has 1 amide bonds. The maximum absolute atomic E-state index is 14.0. The highest BCUT2D eigenvalue weighted by Gasteiger charge is 2.37. The maximum atomic E-state index is 14.0. The first kappa shape index (κ1) is 36.9. The number of rotatable bonds is 14. The highest BCUT2D eigenvalue weighted by atomic mass is 35.5. The Morgan fingerprint density at radius 2 is 1.63 bits per heavy atom. The Hall–Kier alpha value is -3.35. The van der Waals surface area contributed by atoms with Crippen LogP contribution in [0.15, 0.2) is 60.7 Å². The number of anilines is 1. The van der Waals surface area contributed by atoms with Crippen molar-refractivity contribution in [3.05, 3.63) is 87.9 Å². The average molecular weight is 687 g/mol. The number of benzene rings is 3. The van der Waals surface area contributed by atoms with E-state index in [2.05, 4.69) is 64.0 Å². The monoisotopic (exact) mass is 686 g/mol. The Labute approximate surface area is 299 Å². The molecule has 1 heterocycles. The number of halogens is 1. The first-order chi connectivity index (χ1) is 23.5. The summed E-state index contributed by atoms with van der Waals surface area (Å²) in [7, 11) is 5.93. The number of amides is 1. The molecule has 0 saturated heterocycles. The third kappa shape index (κ3) is 8.52. The van der Waals surface area contributed by atoms with Crippen LogP contribution < -0.4 is 14.4 Å². The zero-order valence-corrected chi connectivity index (χ0v) is 31.3. The molecule has 4 unspecified atom stereocenters. The minimum Gasteiger partial charge on any atom is -0.493 e. The summed E-state index contributed by atoms with van der Waals surface area (Å²) in [5.74, 6) is 2.30. The number of hydrogen-bond donors (Lipinski definition) is 0. The van der Waals surface area contributed by atoms with Gasteiger partial charge in [0, 0.05) is 28.6 Å². The molecule has 4 atom stereocenters. The van der Waals surface area contributed by atoms with Crippen molar-refractivity contribution in [1.82, 2.24) is 4.90 Å². The normalized spacial score (nSPS) is 21.2. The summed E-state index contributed by atoms with van der Waals surface area (Å²) in [5.41, 5.74) is 4.94. The molecule has 0 spiro atoms. The number of carbonyl (C=O) groups is 2. The molecule has 1 saturated carbocycles. The molecule has 0 N–H and O–H groups in total. The molecule has 49 heavy (non-hydrogen) atoms. The minimum absolute atomic E-state index is 0.0158. The van der Waals surface area contributed by atoms with Gasteiger partial charge in [0.15, 0.2) is 11.5 Å². The average Bonchev–Trinajstić information content (AvgIpc) is 3.11. The van der Waals surface area contributed by atoms with Crippen LogP contribution in [0.3, 0.4) is 0 Å². The predicted octanol–water partition coefficient (Wildman–Crippen LogP) is 9.80. The van der Waals surface area contributed by atoms with Crippen LogP contribution in [0, 0.1) is 11.8 Å². The van der Waals surface area contributed by atoms with E-state index in [0.29, 0.717) is 28.3 Å². The van der Waals surface area contributed by atoms with E-state index in [4.69, 9.17) is 21.1 Å². The first-order valence-corrected chi connectivity index (χ1v) is 18.7. The van der Waals surface area contributed by atoms with Crippen LogP contribution in [0.2, 0.25) is 5.02 Å². The van der Waals surface area contributed by atoms with Crippen LogP contribution in [-0.4, -0.2) is 49.9 Å². The van der Waals surface area contributed by atoms with Crippen molar-refractivity contribution < 1.29 is 19.1 Å². The van der Waals surface area contributed by atoms with Gasteiger partial charge >= 0.3 is 0 Å². The van der Waals surface area contributed by atoms with E-state index in [0.717, 1.165) is 73.7 Å². The molecule has 2 aliphatic rings. The van der Waals surface area contributed by atoms with Crippen molar-refractivity contribution in [3.63, 3.8) is 0 Å². The fourth-order valence-electron chi connectivity index (χ4n) is 7.84. The predicted molar refractivity (Wildman–Crippen MR) is 200 cm³/mol. The van der Waals surface area contributed by atoms with E-state index in [1.807, 2.05) is 48.2 Å². The highest BCUT2D eigenvalue weighted by molar-refractivity contribution is 6.30. The van der Waals surface area contributed by atoms with Crippen molar-refractivity contribution in [3.8, 4) is 11.5 Å². The number of ketones is 1. The molecule has 6 nitrogen and oxygen atoms in total. The third-order valence-corrected chi connectivity index (χ3v) is 11.2. The van der Waals surface area contributed by atoms with E-state index in [1.54, 1.807) is 7.11 Å². The summed E-state index contributed by atoms with van der Waals surface area (Å²) in [5, 5.41) is 0.646. The van der Waals surface area contributed by atoms with Crippen molar-refractivity contribution in [2.75, 3.05) is 26.1 Å². The largest absolute Gasteiger partial charge is 0.493 e. The second-order valence-corrected chi connectivity index (χ2v) is 15.0.